The molecule has 0 saturated carbocycles. The number of aliphatic hydroxyl groups is 1. The molecule has 0 spiro atoms. The largest absolute Gasteiger partial charge is 0.389 e. The predicted octanol–water partition coefficient (Wildman–Crippen LogP) is 1.39. The summed E-state index contributed by atoms with van der Waals surface area (Å²) >= 11 is 1.09. The maximum Gasteiger partial charge on any atom is 0.263 e. The third kappa shape index (κ3) is 2.84. The second-order valence-corrected chi connectivity index (χ2v) is 6.11. The molecule has 0 aliphatic heterocycles. The molecule has 1 heterocycles. The van der Waals surface area contributed by atoms with Gasteiger partial charge in [-0.1, -0.05) is 23.5 Å². The van der Waals surface area contributed by atoms with E-state index in [1.54, 1.807) is 19.1 Å². The number of sulfonamides is 1. The number of aliphatic hydroxyl groups excluding tert-OH is 1. The number of hydrogen-bond acceptors (Lipinski definition) is 6. The highest BCUT2D eigenvalue weighted by molar-refractivity contribution is 7.93. The molecule has 0 radical (unpaired) electrons. The molecule has 96 valence electrons. The van der Waals surface area contributed by atoms with E-state index in [0.29, 0.717) is 5.56 Å². The van der Waals surface area contributed by atoms with Crippen molar-refractivity contribution in [1.29, 1.82) is 0 Å². The molecule has 6 nitrogen and oxygen atoms in total. The third-order valence-corrected chi connectivity index (χ3v) is 4.30. The molecule has 0 amide bonds. The minimum absolute atomic E-state index is 0.0797. The molecule has 2 aromatic rings. The van der Waals surface area contributed by atoms with Crippen molar-refractivity contribution >= 4 is 26.5 Å². The third-order valence-electron chi connectivity index (χ3n) is 2.23. The monoisotopic (exact) mass is 285 g/mol. The van der Waals surface area contributed by atoms with Crippen molar-refractivity contribution in [3.63, 3.8) is 0 Å². The van der Waals surface area contributed by atoms with Gasteiger partial charge in [0.25, 0.3) is 10.0 Å². The summed E-state index contributed by atoms with van der Waals surface area (Å²) in [4.78, 5) is 0.0797. The van der Waals surface area contributed by atoms with Gasteiger partial charge in [-0.25, -0.2) is 8.42 Å². The van der Waals surface area contributed by atoms with Gasteiger partial charge in [0.15, 0.2) is 0 Å². The van der Waals surface area contributed by atoms with E-state index in [9.17, 15) is 13.5 Å². The summed E-state index contributed by atoms with van der Waals surface area (Å²) in [6, 6.07) is 6.12. The number of benzene rings is 1. The van der Waals surface area contributed by atoms with E-state index in [1.807, 2.05) is 0 Å². The molecule has 1 aromatic carbocycles. The van der Waals surface area contributed by atoms with Crippen LogP contribution in [-0.2, 0) is 10.0 Å². The average Bonchev–Trinajstić information content (AvgIpc) is 2.81. The fourth-order valence-electron chi connectivity index (χ4n) is 1.33. The first kappa shape index (κ1) is 12.9. The van der Waals surface area contributed by atoms with Crippen molar-refractivity contribution in [3.05, 3.63) is 35.3 Å². The van der Waals surface area contributed by atoms with E-state index in [-0.39, 0.29) is 10.0 Å². The lowest BCUT2D eigenvalue weighted by Crippen LogP contribution is -2.13. The van der Waals surface area contributed by atoms with E-state index < -0.39 is 16.1 Å². The summed E-state index contributed by atoms with van der Waals surface area (Å²) in [5.74, 6) is 0. The zero-order chi connectivity index (χ0) is 13.2. The molecule has 1 unspecified atom stereocenters. The second-order valence-electron chi connectivity index (χ2n) is 3.60. The van der Waals surface area contributed by atoms with Crippen molar-refractivity contribution < 1.29 is 13.5 Å². The molecule has 1 atom stereocenters. The number of nitrogens with one attached hydrogen (secondary N) is 1. The molecule has 8 heteroatoms. The van der Waals surface area contributed by atoms with Crippen molar-refractivity contribution in [2.75, 3.05) is 4.72 Å². The van der Waals surface area contributed by atoms with Crippen LogP contribution in [0, 0.1) is 0 Å². The molecule has 0 aliphatic rings. The highest BCUT2D eigenvalue weighted by Crippen LogP contribution is 2.20. The van der Waals surface area contributed by atoms with E-state index in [2.05, 4.69) is 14.9 Å². The van der Waals surface area contributed by atoms with Crippen LogP contribution in [0.5, 0.6) is 0 Å². The van der Waals surface area contributed by atoms with Gasteiger partial charge < -0.3 is 5.11 Å². The first-order valence-corrected chi connectivity index (χ1v) is 7.42. The number of aromatic nitrogens is 2. The molecule has 0 fully saturated rings. The maximum absolute atomic E-state index is 12.0. The summed E-state index contributed by atoms with van der Waals surface area (Å²) in [5, 5.41) is 16.8. The van der Waals surface area contributed by atoms with Gasteiger partial charge in [0.2, 0.25) is 5.13 Å². The summed E-state index contributed by atoms with van der Waals surface area (Å²) in [7, 11) is -3.69. The zero-order valence-electron chi connectivity index (χ0n) is 9.44. The smallest absolute Gasteiger partial charge is 0.263 e. The molecule has 2 rings (SSSR count). The van der Waals surface area contributed by atoms with Crippen LogP contribution in [0.25, 0.3) is 0 Å². The average molecular weight is 285 g/mol. The summed E-state index contributed by atoms with van der Waals surface area (Å²) in [5.41, 5.74) is 1.97. The van der Waals surface area contributed by atoms with Crippen LogP contribution in [0.2, 0.25) is 0 Å². The van der Waals surface area contributed by atoms with Crippen LogP contribution in [0.15, 0.2) is 34.7 Å². The van der Waals surface area contributed by atoms with E-state index in [4.69, 9.17) is 0 Å². The Labute approximate surface area is 108 Å². The van der Waals surface area contributed by atoms with Gasteiger partial charge in [-0.3, -0.25) is 4.72 Å². The fraction of sp³-hybridized carbons (Fsp3) is 0.200. The van der Waals surface area contributed by atoms with Crippen LogP contribution in [-0.4, -0.2) is 23.7 Å². The zero-order valence-corrected chi connectivity index (χ0v) is 11.1. The van der Waals surface area contributed by atoms with Gasteiger partial charge >= 0.3 is 0 Å². The first-order chi connectivity index (χ1) is 8.49. The first-order valence-electron chi connectivity index (χ1n) is 5.06. The fourth-order valence-corrected chi connectivity index (χ4v) is 3.08. The Bertz CT molecular complexity index is 624. The molecule has 0 aliphatic carbocycles. The van der Waals surface area contributed by atoms with Crippen LogP contribution < -0.4 is 4.72 Å². The van der Waals surface area contributed by atoms with Crippen molar-refractivity contribution in [2.45, 2.75) is 17.9 Å². The van der Waals surface area contributed by atoms with Gasteiger partial charge in [-0.15, -0.1) is 10.2 Å². The Kier molecular flexibility index (Phi) is 3.60. The summed E-state index contributed by atoms with van der Waals surface area (Å²) in [6.07, 6.45) is -0.721. The second kappa shape index (κ2) is 5.01. The van der Waals surface area contributed by atoms with Crippen LogP contribution in [0.1, 0.15) is 18.6 Å². The predicted molar refractivity (Wildman–Crippen MR) is 67.8 cm³/mol. The van der Waals surface area contributed by atoms with Crippen molar-refractivity contribution in [2.24, 2.45) is 0 Å². The maximum atomic E-state index is 12.0. The highest BCUT2D eigenvalue weighted by Gasteiger charge is 2.16. The van der Waals surface area contributed by atoms with Crippen molar-refractivity contribution in [3.8, 4) is 0 Å². The topological polar surface area (TPSA) is 92.2 Å². The highest BCUT2D eigenvalue weighted by atomic mass is 32.2. The number of rotatable bonds is 4. The number of anilines is 1. The minimum atomic E-state index is -3.69. The lowest BCUT2D eigenvalue weighted by molar-refractivity contribution is 0.199. The molecule has 1 aromatic heterocycles. The minimum Gasteiger partial charge on any atom is -0.389 e. The SMILES string of the molecule is CC(O)c1cccc(S(=O)(=O)Nc2nncs2)c1. The van der Waals surface area contributed by atoms with Gasteiger partial charge in [0.1, 0.15) is 5.51 Å². The molecule has 0 bridgehead atoms. The van der Waals surface area contributed by atoms with E-state index >= 15 is 0 Å². The Morgan fingerprint density at radius 3 is 2.83 bits per heavy atom. The number of hydrogen-bond donors (Lipinski definition) is 2. The van der Waals surface area contributed by atoms with Crippen LogP contribution >= 0.6 is 11.3 Å². The van der Waals surface area contributed by atoms with E-state index in [0.717, 1.165) is 11.3 Å². The molecular formula is C10H11N3O3S2. The Morgan fingerprint density at radius 1 is 1.44 bits per heavy atom. The lowest BCUT2D eigenvalue weighted by atomic mass is 10.1. The Hall–Kier alpha value is -1.51. The lowest BCUT2D eigenvalue weighted by Gasteiger charge is -2.08. The van der Waals surface area contributed by atoms with Gasteiger partial charge in [0.05, 0.1) is 11.0 Å². The van der Waals surface area contributed by atoms with Crippen molar-refractivity contribution in [1.82, 2.24) is 10.2 Å². The van der Waals surface area contributed by atoms with Gasteiger partial charge in [-0.05, 0) is 24.6 Å². The Morgan fingerprint density at radius 2 is 2.22 bits per heavy atom. The van der Waals surface area contributed by atoms with Crippen LogP contribution in [0.4, 0.5) is 5.13 Å². The van der Waals surface area contributed by atoms with Gasteiger partial charge in [0, 0.05) is 0 Å². The molecule has 2 N–H and O–H groups in total. The normalized spacial score (nSPS) is 13.2. The molecule has 0 saturated heterocycles. The van der Waals surface area contributed by atoms with Crippen LogP contribution in [0.3, 0.4) is 0 Å². The van der Waals surface area contributed by atoms with Gasteiger partial charge in [-0.2, -0.15) is 0 Å². The number of nitrogens with zero attached hydrogens (tertiary/aromatic N) is 2. The molecule has 18 heavy (non-hydrogen) atoms. The quantitative estimate of drug-likeness (QED) is 0.885. The van der Waals surface area contributed by atoms with E-state index in [1.165, 1.54) is 17.6 Å². The summed E-state index contributed by atoms with van der Waals surface area (Å²) in [6.45, 7) is 1.57. The summed E-state index contributed by atoms with van der Waals surface area (Å²) < 4.78 is 26.4. The Balaban J connectivity index is 2.32. The molecular weight excluding hydrogens is 274 g/mol. The standard InChI is InChI=1S/C10H11N3O3S2/c1-7(14)8-3-2-4-9(5-8)18(15,16)13-10-12-11-6-17-10/h2-7,14H,1H3,(H,12,13).